The molecule has 0 spiro atoms. The zero-order valence-electron chi connectivity index (χ0n) is 10.7. The van der Waals surface area contributed by atoms with Crippen molar-refractivity contribution in [3.8, 4) is 0 Å². The van der Waals surface area contributed by atoms with Crippen molar-refractivity contribution in [2.75, 3.05) is 0 Å². The molecule has 0 saturated heterocycles. The van der Waals surface area contributed by atoms with Crippen LogP contribution in [0, 0.1) is 12.7 Å². The van der Waals surface area contributed by atoms with Crippen molar-refractivity contribution in [3.63, 3.8) is 0 Å². The predicted molar refractivity (Wildman–Crippen MR) is 88.4 cm³/mol. The number of fused-ring (bicyclic) bond motifs is 1. The fourth-order valence-corrected chi connectivity index (χ4v) is 4.36. The summed E-state index contributed by atoms with van der Waals surface area (Å²) in [7, 11) is 0. The van der Waals surface area contributed by atoms with Crippen LogP contribution in [0.3, 0.4) is 0 Å². The zero-order valence-corrected chi connectivity index (χ0v) is 13.8. The largest absolute Gasteiger partial charge is 0.207 e. The van der Waals surface area contributed by atoms with E-state index in [1.165, 1.54) is 16.8 Å². The van der Waals surface area contributed by atoms with Gasteiger partial charge in [-0.3, -0.25) is 0 Å². The Kier molecular flexibility index (Phi) is 3.85. The number of rotatable bonds is 2. The molecule has 0 aliphatic rings. The van der Waals surface area contributed by atoms with Crippen molar-refractivity contribution in [2.24, 2.45) is 0 Å². The Labute approximate surface area is 134 Å². The minimum atomic E-state index is -0.340. The van der Waals surface area contributed by atoms with Gasteiger partial charge in [-0.1, -0.05) is 18.2 Å². The second-order valence-corrected chi connectivity index (χ2v) is 6.90. The normalized spacial score (nSPS) is 12.8. The van der Waals surface area contributed by atoms with Crippen molar-refractivity contribution in [2.45, 2.75) is 12.3 Å². The maximum absolute atomic E-state index is 13.5. The highest BCUT2D eigenvalue weighted by molar-refractivity contribution is 9.10. The van der Waals surface area contributed by atoms with Gasteiger partial charge in [-0.2, -0.15) is 0 Å². The summed E-state index contributed by atoms with van der Waals surface area (Å²) in [6.07, 6.45) is 0. The SMILES string of the molecule is Cc1cc(F)cc(C(Cl)c2csc3c(Br)cccc23)c1. The highest BCUT2D eigenvalue weighted by atomic mass is 79.9. The average molecular weight is 370 g/mol. The Hall–Kier alpha value is -0.900. The fourth-order valence-electron chi connectivity index (χ4n) is 2.33. The van der Waals surface area contributed by atoms with E-state index in [9.17, 15) is 4.39 Å². The minimum Gasteiger partial charge on any atom is -0.207 e. The van der Waals surface area contributed by atoms with Crippen LogP contribution >= 0.6 is 38.9 Å². The summed E-state index contributed by atoms with van der Waals surface area (Å²) >= 11 is 11.8. The molecule has 1 heterocycles. The topological polar surface area (TPSA) is 0 Å². The fraction of sp³-hybridized carbons (Fsp3) is 0.125. The molecular formula is C16H11BrClFS. The van der Waals surface area contributed by atoms with Crippen LogP contribution in [-0.2, 0) is 0 Å². The van der Waals surface area contributed by atoms with Gasteiger partial charge in [-0.15, -0.1) is 22.9 Å². The van der Waals surface area contributed by atoms with Crippen molar-refractivity contribution >= 4 is 49.0 Å². The first-order valence-corrected chi connectivity index (χ1v) is 8.24. The van der Waals surface area contributed by atoms with Gasteiger partial charge in [-0.25, -0.2) is 4.39 Å². The molecule has 20 heavy (non-hydrogen) atoms. The summed E-state index contributed by atoms with van der Waals surface area (Å²) in [5.41, 5.74) is 2.70. The summed E-state index contributed by atoms with van der Waals surface area (Å²) in [6.45, 7) is 1.87. The van der Waals surface area contributed by atoms with Crippen LogP contribution < -0.4 is 0 Å². The van der Waals surface area contributed by atoms with E-state index in [0.29, 0.717) is 0 Å². The maximum Gasteiger partial charge on any atom is 0.123 e. The van der Waals surface area contributed by atoms with Gasteiger partial charge < -0.3 is 0 Å². The average Bonchev–Trinajstić information content (AvgIpc) is 2.82. The molecule has 0 radical (unpaired) electrons. The molecule has 0 aliphatic carbocycles. The second-order valence-electron chi connectivity index (χ2n) is 4.73. The minimum absolute atomic E-state index is 0.244. The molecule has 3 rings (SSSR count). The van der Waals surface area contributed by atoms with E-state index in [1.54, 1.807) is 11.3 Å². The maximum atomic E-state index is 13.5. The molecule has 4 heteroatoms. The first-order chi connectivity index (χ1) is 9.56. The molecule has 102 valence electrons. The summed E-state index contributed by atoms with van der Waals surface area (Å²) in [5, 5.41) is 2.83. The highest BCUT2D eigenvalue weighted by Gasteiger charge is 2.17. The monoisotopic (exact) mass is 368 g/mol. The molecule has 2 aromatic carbocycles. The van der Waals surface area contributed by atoms with Crippen molar-refractivity contribution in [1.82, 2.24) is 0 Å². The first-order valence-electron chi connectivity index (χ1n) is 6.13. The van der Waals surface area contributed by atoms with Crippen LogP contribution in [0.25, 0.3) is 10.1 Å². The van der Waals surface area contributed by atoms with Crippen LogP contribution in [0.15, 0.2) is 46.3 Å². The number of hydrogen-bond donors (Lipinski definition) is 0. The third kappa shape index (κ3) is 2.50. The summed E-state index contributed by atoms with van der Waals surface area (Å²) in [6, 6.07) is 11.0. The lowest BCUT2D eigenvalue weighted by Gasteiger charge is -2.10. The van der Waals surface area contributed by atoms with Crippen molar-refractivity contribution in [1.29, 1.82) is 0 Å². The molecular weight excluding hydrogens is 359 g/mol. The Balaban J connectivity index is 2.13. The van der Waals surface area contributed by atoms with E-state index in [2.05, 4.69) is 15.9 Å². The Bertz CT molecular complexity index is 761. The first kappa shape index (κ1) is 14.1. The number of aryl methyl sites for hydroxylation is 1. The third-order valence-corrected chi connectivity index (χ3v) is 5.67. The van der Waals surface area contributed by atoms with Crippen LogP contribution in [0.2, 0.25) is 0 Å². The number of halogens is 3. The molecule has 0 aliphatic heterocycles. The Morgan fingerprint density at radius 3 is 2.80 bits per heavy atom. The molecule has 0 N–H and O–H groups in total. The standard InChI is InChI=1S/C16H11BrClFS/c1-9-5-10(7-11(19)6-9)15(18)13-8-20-16-12(13)3-2-4-14(16)17/h2-8,15H,1H3. The van der Waals surface area contributed by atoms with Crippen LogP contribution in [0.1, 0.15) is 22.1 Å². The molecule has 0 nitrogen and oxygen atoms in total. The smallest absolute Gasteiger partial charge is 0.123 e. The van der Waals surface area contributed by atoms with Crippen molar-refractivity contribution < 1.29 is 4.39 Å². The van der Waals surface area contributed by atoms with E-state index in [1.807, 2.05) is 36.6 Å². The molecule has 1 atom stereocenters. The van der Waals surface area contributed by atoms with E-state index in [-0.39, 0.29) is 11.2 Å². The number of alkyl halides is 1. The molecule has 3 aromatic rings. The number of benzene rings is 2. The molecule has 0 amide bonds. The second kappa shape index (κ2) is 5.47. The van der Waals surface area contributed by atoms with Crippen LogP contribution in [-0.4, -0.2) is 0 Å². The summed E-state index contributed by atoms with van der Waals surface area (Å²) in [5.74, 6) is -0.244. The lowest BCUT2D eigenvalue weighted by Crippen LogP contribution is -1.94. The number of thiophene rings is 1. The van der Waals surface area contributed by atoms with E-state index in [0.717, 1.165) is 26.5 Å². The molecule has 1 aromatic heterocycles. The van der Waals surface area contributed by atoms with Gasteiger partial charge in [-0.05, 0) is 68.5 Å². The van der Waals surface area contributed by atoms with E-state index in [4.69, 9.17) is 11.6 Å². The lowest BCUT2D eigenvalue weighted by molar-refractivity contribution is 0.624. The van der Waals surface area contributed by atoms with Crippen molar-refractivity contribution in [3.05, 3.63) is 68.8 Å². The van der Waals surface area contributed by atoms with Gasteiger partial charge in [0.15, 0.2) is 0 Å². The lowest BCUT2D eigenvalue weighted by atomic mass is 10.0. The van der Waals surface area contributed by atoms with Crippen LogP contribution in [0.5, 0.6) is 0 Å². The third-order valence-electron chi connectivity index (χ3n) is 3.21. The quantitative estimate of drug-likeness (QED) is 0.456. The highest BCUT2D eigenvalue weighted by Crippen LogP contribution is 2.40. The Morgan fingerprint density at radius 2 is 2.05 bits per heavy atom. The van der Waals surface area contributed by atoms with Crippen LogP contribution in [0.4, 0.5) is 4.39 Å². The Morgan fingerprint density at radius 1 is 1.25 bits per heavy atom. The summed E-state index contributed by atoms with van der Waals surface area (Å²) < 4.78 is 15.8. The zero-order chi connectivity index (χ0) is 14.3. The van der Waals surface area contributed by atoms with Gasteiger partial charge in [0.05, 0.1) is 5.38 Å². The van der Waals surface area contributed by atoms with Gasteiger partial charge in [0, 0.05) is 9.17 Å². The predicted octanol–water partition coefficient (Wildman–Crippen LogP) is 6.44. The summed E-state index contributed by atoms with van der Waals surface area (Å²) in [4.78, 5) is 0. The van der Waals surface area contributed by atoms with Gasteiger partial charge in [0.25, 0.3) is 0 Å². The van der Waals surface area contributed by atoms with Gasteiger partial charge in [0.2, 0.25) is 0 Å². The number of hydrogen-bond acceptors (Lipinski definition) is 1. The molecule has 1 unspecified atom stereocenters. The van der Waals surface area contributed by atoms with E-state index >= 15 is 0 Å². The van der Waals surface area contributed by atoms with Gasteiger partial charge >= 0.3 is 0 Å². The molecule has 0 fully saturated rings. The van der Waals surface area contributed by atoms with E-state index < -0.39 is 0 Å². The molecule has 0 bridgehead atoms. The van der Waals surface area contributed by atoms with Gasteiger partial charge in [0.1, 0.15) is 5.82 Å². The molecule has 0 saturated carbocycles.